The van der Waals surface area contributed by atoms with Crippen LogP contribution in [0.3, 0.4) is 0 Å². The molecule has 11 heavy (non-hydrogen) atoms. The van der Waals surface area contributed by atoms with Gasteiger partial charge in [-0.1, -0.05) is 0 Å². The third-order valence-corrected chi connectivity index (χ3v) is 1.54. The predicted molar refractivity (Wildman–Crippen MR) is 37.8 cm³/mol. The van der Waals surface area contributed by atoms with E-state index in [0.717, 1.165) is 6.39 Å². The van der Waals surface area contributed by atoms with Gasteiger partial charge in [0.25, 0.3) is 0 Å². The first-order valence-corrected chi connectivity index (χ1v) is 5.15. The summed E-state index contributed by atoms with van der Waals surface area (Å²) in [6, 6.07) is 0. The maximum Gasteiger partial charge on any atom is 0.322 e. The molecule has 8 heteroatoms. The van der Waals surface area contributed by atoms with E-state index in [4.69, 9.17) is 9.79 Å². The molecule has 0 atom stereocenters. The highest BCUT2D eigenvalue weighted by Gasteiger charge is 2.09. The molecule has 1 aromatic rings. The molecule has 6 nitrogen and oxygen atoms in total. The van der Waals surface area contributed by atoms with Gasteiger partial charge in [-0.2, -0.15) is 0 Å². The largest absolute Gasteiger partial charge is 0.425 e. The van der Waals surface area contributed by atoms with Gasteiger partial charge in [0.2, 0.25) is 12.3 Å². The third kappa shape index (κ3) is 3.54. The van der Waals surface area contributed by atoms with Crippen molar-refractivity contribution in [2.75, 3.05) is 0 Å². The van der Waals surface area contributed by atoms with Gasteiger partial charge >= 0.3 is 6.72 Å². The summed E-state index contributed by atoms with van der Waals surface area (Å²) in [6.07, 6.45) is 1.11. The second-order valence-electron chi connectivity index (χ2n) is 1.60. The fraction of sp³-hybridized carbons (Fsp3) is 0.333. The second kappa shape index (κ2) is 3.38. The van der Waals surface area contributed by atoms with Crippen molar-refractivity contribution in [1.29, 1.82) is 0 Å². The van der Waals surface area contributed by atoms with Gasteiger partial charge in [0.15, 0.2) is 0 Å². The van der Waals surface area contributed by atoms with Crippen molar-refractivity contribution in [3.8, 4) is 0 Å². The van der Waals surface area contributed by atoms with Crippen molar-refractivity contribution in [2.24, 2.45) is 0 Å². The number of hydrogen-bond acceptors (Lipinski definition) is 5. The fourth-order valence-electron chi connectivity index (χ4n) is 0.398. The monoisotopic (exact) mass is 196 g/mol. The molecule has 0 saturated heterocycles. The Morgan fingerprint density at radius 2 is 2.45 bits per heavy atom. The van der Waals surface area contributed by atoms with E-state index in [1.54, 1.807) is 0 Å². The second-order valence-corrected chi connectivity index (χ2v) is 4.26. The van der Waals surface area contributed by atoms with Gasteiger partial charge in [0.05, 0.1) is 0 Å². The molecule has 0 aliphatic heterocycles. The molecule has 1 heterocycles. The van der Waals surface area contributed by atoms with Crippen molar-refractivity contribution in [3.63, 3.8) is 0 Å². The Morgan fingerprint density at radius 1 is 1.73 bits per heavy atom. The molecule has 0 radical (unpaired) electrons. The summed E-state index contributed by atoms with van der Waals surface area (Å²) in [5.41, 5.74) is 0. The van der Waals surface area contributed by atoms with Gasteiger partial charge < -0.3 is 14.2 Å². The Hall–Kier alpha value is -0.330. The molecule has 1 rings (SSSR count). The van der Waals surface area contributed by atoms with E-state index in [9.17, 15) is 0 Å². The van der Waals surface area contributed by atoms with Crippen molar-refractivity contribution < 1.29 is 18.7 Å². The van der Waals surface area contributed by atoms with E-state index in [-0.39, 0.29) is 12.5 Å². The highest BCUT2D eigenvalue weighted by molar-refractivity contribution is 8.06. The lowest BCUT2D eigenvalue weighted by Crippen LogP contribution is -1.90. The Bertz CT molecular complexity index is 256. The number of rotatable bonds is 3. The molecular weight excluding hydrogens is 191 g/mol. The van der Waals surface area contributed by atoms with E-state index in [1.165, 1.54) is 0 Å². The molecule has 0 unspecified atom stereocenters. The van der Waals surface area contributed by atoms with Crippen LogP contribution in [0.15, 0.2) is 10.8 Å². The third-order valence-electron chi connectivity index (χ3n) is 0.761. The van der Waals surface area contributed by atoms with Crippen LogP contribution in [0, 0.1) is 0 Å². The topological polar surface area (TPSA) is 88.6 Å². The van der Waals surface area contributed by atoms with Gasteiger partial charge in [0.1, 0.15) is 6.61 Å². The molecule has 0 bridgehead atoms. The standard InChI is InChI=1S/C3H5N2O4PS/c6-10(7,11)9-1-3-5-4-2-8-3/h2H,1H2,(H2,6,7,11). The zero-order chi connectivity index (χ0) is 8.32. The smallest absolute Gasteiger partial charge is 0.322 e. The minimum atomic E-state index is -3.60. The maximum atomic E-state index is 8.59. The Labute approximate surface area is 67.1 Å². The van der Waals surface area contributed by atoms with Crippen molar-refractivity contribution in [2.45, 2.75) is 6.61 Å². The molecule has 0 aromatic carbocycles. The van der Waals surface area contributed by atoms with Crippen LogP contribution in [0.25, 0.3) is 0 Å². The Balaban J connectivity index is 2.41. The summed E-state index contributed by atoms with van der Waals surface area (Å²) in [7, 11) is 0. The minimum Gasteiger partial charge on any atom is -0.425 e. The lowest BCUT2D eigenvalue weighted by Gasteiger charge is -2.04. The average molecular weight is 196 g/mol. The molecule has 1 aromatic heterocycles. The van der Waals surface area contributed by atoms with E-state index in [2.05, 4.69) is 30.9 Å². The lowest BCUT2D eigenvalue weighted by molar-refractivity contribution is 0.217. The molecule has 0 spiro atoms. The highest BCUT2D eigenvalue weighted by Crippen LogP contribution is 2.37. The quantitative estimate of drug-likeness (QED) is 0.647. The minimum absolute atomic E-state index is 0.155. The van der Waals surface area contributed by atoms with Crippen LogP contribution in [0.2, 0.25) is 0 Å². The van der Waals surface area contributed by atoms with Crippen LogP contribution in [0.5, 0.6) is 0 Å². The molecule has 0 saturated carbocycles. The SMILES string of the molecule is OP(O)(=S)OCc1nnco1. The van der Waals surface area contributed by atoms with E-state index in [0.29, 0.717) is 0 Å². The first-order valence-electron chi connectivity index (χ1n) is 2.53. The molecule has 2 N–H and O–H groups in total. The van der Waals surface area contributed by atoms with Crippen LogP contribution >= 0.6 is 6.72 Å². The molecular formula is C3H5N2O4PS. The molecule has 0 aliphatic carbocycles. The van der Waals surface area contributed by atoms with E-state index >= 15 is 0 Å². The fourth-order valence-corrected chi connectivity index (χ4v) is 0.835. The van der Waals surface area contributed by atoms with Gasteiger partial charge in [-0.05, 0) is 11.8 Å². The zero-order valence-electron chi connectivity index (χ0n) is 5.25. The zero-order valence-corrected chi connectivity index (χ0v) is 6.96. The highest BCUT2D eigenvalue weighted by atomic mass is 32.5. The summed E-state index contributed by atoms with van der Waals surface area (Å²) >= 11 is 4.17. The van der Waals surface area contributed by atoms with Crippen LogP contribution in [-0.2, 0) is 22.9 Å². The number of nitrogens with zero attached hydrogens (tertiary/aromatic N) is 2. The van der Waals surface area contributed by atoms with Crippen molar-refractivity contribution in [1.82, 2.24) is 10.2 Å². The van der Waals surface area contributed by atoms with Gasteiger partial charge in [-0.25, -0.2) is 0 Å². The van der Waals surface area contributed by atoms with Crippen LogP contribution < -0.4 is 0 Å². The van der Waals surface area contributed by atoms with Gasteiger partial charge in [-0.3, -0.25) is 4.52 Å². The van der Waals surface area contributed by atoms with E-state index < -0.39 is 6.72 Å². The maximum absolute atomic E-state index is 8.59. The summed E-state index contributed by atoms with van der Waals surface area (Å²) < 4.78 is 9.05. The first-order chi connectivity index (χ1) is 5.08. The van der Waals surface area contributed by atoms with Crippen molar-refractivity contribution >= 4 is 18.5 Å². The van der Waals surface area contributed by atoms with Crippen LogP contribution in [0.4, 0.5) is 0 Å². The normalized spacial score (nSPS) is 11.8. The Kier molecular flexibility index (Phi) is 2.69. The summed E-state index contributed by atoms with van der Waals surface area (Å²) in [5.74, 6) is 0.155. The Morgan fingerprint density at radius 3 is 2.91 bits per heavy atom. The molecule has 0 aliphatic rings. The first kappa shape index (κ1) is 8.76. The molecule has 62 valence electrons. The molecule has 0 fully saturated rings. The van der Waals surface area contributed by atoms with Crippen LogP contribution in [0.1, 0.15) is 5.89 Å². The summed E-state index contributed by atoms with van der Waals surface area (Å²) in [4.78, 5) is 17.2. The van der Waals surface area contributed by atoms with Gasteiger partial charge in [0, 0.05) is 0 Å². The van der Waals surface area contributed by atoms with Crippen LogP contribution in [-0.4, -0.2) is 20.0 Å². The van der Waals surface area contributed by atoms with E-state index in [1.807, 2.05) is 0 Å². The average Bonchev–Trinajstić information content (AvgIpc) is 2.32. The van der Waals surface area contributed by atoms with Gasteiger partial charge in [-0.15, -0.1) is 10.2 Å². The molecule has 0 amide bonds. The summed E-state index contributed by atoms with van der Waals surface area (Å²) in [5, 5.41) is 6.77. The lowest BCUT2D eigenvalue weighted by atomic mass is 10.7. The number of aromatic nitrogens is 2. The number of hydrogen-bond donors (Lipinski definition) is 2. The van der Waals surface area contributed by atoms with Crippen molar-refractivity contribution in [3.05, 3.63) is 12.3 Å². The summed E-state index contributed by atoms with van der Waals surface area (Å²) in [6.45, 7) is -3.78. The predicted octanol–water partition coefficient (Wildman–Crippen LogP) is -0.205.